The van der Waals surface area contributed by atoms with Gasteiger partial charge in [-0.05, 0) is 30.6 Å². The van der Waals surface area contributed by atoms with E-state index in [1.54, 1.807) is 0 Å². The van der Waals surface area contributed by atoms with Crippen LogP contribution in [0.4, 0.5) is 0 Å². The zero-order chi connectivity index (χ0) is 13.5. The van der Waals surface area contributed by atoms with Gasteiger partial charge in [0.25, 0.3) is 0 Å². The maximum absolute atomic E-state index is 9.01. The maximum Gasteiger partial charge on any atom is 0.0641 e. The van der Waals surface area contributed by atoms with E-state index in [0.29, 0.717) is 12.5 Å². The molecule has 102 valence electrons. The van der Waals surface area contributed by atoms with Crippen molar-refractivity contribution in [3.63, 3.8) is 0 Å². The van der Waals surface area contributed by atoms with Crippen molar-refractivity contribution in [2.75, 3.05) is 5.75 Å². The van der Waals surface area contributed by atoms with Crippen LogP contribution in [0.5, 0.6) is 0 Å². The number of rotatable bonds is 6. The van der Waals surface area contributed by atoms with Crippen LogP contribution in [0.15, 0.2) is 30.3 Å². The van der Waals surface area contributed by atoms with Gasteiger partial charge in [-0.25, -0.2) is 0 Å². The van der Waals surface area contributed by atoms with Crippen molar-refractivity contribution in [1.29, 1.82) is 5.26 Å². The van der Waals surface area contributed by atoms with E-state index in [1.165, 1.54) is 30.6 Å². The molecule has 1 N–H and O–H groups in total. The van der Waals surface area contributed by atoms with Crippen molar-refractivity contribution < 1.29 is 0 Å². The second-order valence-electron chi connectivity index (χ2n) is 5.08. The third-order valence-corrected chi connectivity index (χ3v) is 4.95. The van der Waals surface area contributed by atoms with Gasteiger partial charge in [0.05, 0.1) is 12.5 Å². The molecule has 0 saturated heterocycles. The molecule has 1 aliphatic carbocycles. The molecule has 0 bridgehead atoms. The average molecular weight is 274 g/mol. The summed E-state index contributed by atoms with van der Waals surface area (Å²) in [6.45, 7) is 2.23. The summed E-state index contributed by atoms with van der Waals surface area (Å²) in [7, 11) is 0. The summed E-state index contributed by atoms with van der Waals surface area (Å²) in [5, 5.41) is 13.5. The lowest BCUT2D eigenvalue weighted by atomic mass is 10.0. The van der Waals surface area contributed by atoms with Crippen molar-refractivity contribution in [2.45, 2.75) is 49.9 Å². The van der Waals surface area contributed by atoms with Crippen LogP contribution in [0.25, 0.3) is 0 Å². The van der Waals surface area contributed by atoms with Gasteiger partial charge in [-0.3, -0.25) is 0 Å². The van der Waals surface area contributed by atoms with E-state index in [9.17, 15) is 0 Å². The highest BCUT2D eigenvalue weighted by Gasteiger charge is 2.26. The predicted molar refractivity (Wildman–Crippen MR) is 82.1 cm³/mol. The van der Waals surface area contributed by atoms with Crippen LogP contribution >= 0.6 is 11.8 Å². The molecule has 0 aliphatic heterocycles. The van der Waals surface area contributed by atoms with Crippen molar-refractivity contribution in [1.82, 2.24) is 5.32 Å². The van der Waals surface area contributed by atoms with E-state index in [-0.39, 0.29) is 6.04 Å². The highest BCUT2D eigenvalue weighted by atomic mass is 32.2. The predicted octanol–water partition coefficient (Wildman–Crippen LogP) is 3.91. The topological polar surface area (TPSA) is 35.8 Å². The smallest absolute Gasteiger partial charge is 0.0641 e. The number of nitrogens with zero attached hydrogens (tertiary/aromatic N) is 1. The first-order chi connectivity index (χ1) is 9.33. The Morgan fingerprint density at radius 2 is 2.16 bits per heavy atom. The second kappa shape index (κ2) is 7.57. The fourth-order valence-electron chi connectivity index (χ4n) is 2.81. The van der Waals surface area contributed by atoms with Crippen molar-refractivity contribution in [3.8, 4) is 6.07 Å². The molecule has 0 heterocycles. The minimum atomic E-state index is 0.182. The zero-order valence-corrected chi connectivity index (χ0v) is 12.3. The number of nitrogens with one attached hydrogen (secondary N) is 1. The number of nitriles is 1. The summed E-state index contributed by atoms with van der Waals surface area (Å²) in [6, 6.07) is 13.4. The van der Waals surface area contributed by atoms with Crippen LogP contribution in [-0.4, -0.2) is 17.0 Å². The van der Waals surface area contributed by atoms with Gasteiger partial charge < -0.3 is 5.32 Å². The lowest BCUT2D eigenvalue weighted by Crippen LogP contribution is -2.31. The normalized spacial score (nSPS) is 24.0. The van der Waals surface area contributed by atoms with Crippen molar-refractivity contribution in [2.24, 2.45) is 0 Å². The van der Waals surface area contributed by atoms with Crippen LogP contribution < -0.4 is 5.32 Å². The van der Waals surface area contributed by atoms with Gasteiger partial charge in [-0.2, -0.15) is 17.0 Å². The maximum atomic E-state index is 9.01. The minimum absolute atomic E-state index is 0.182. The number of hydrogen-bond acceptors (Lipinski definition) is 3. The van der Waals surface area contributed by atoms with Gasteiger partial charge in [0.1, 0.15) is 0 Å². The number of hydrogen-bond donors (Lipinski definition) is 1. The zero-order valence-electron chi connectivity index (χ0n) is 11.5. The fourth-order valence-corrected chi connectivity index (χ4v) is 3.96. The Balaban J connectivity index is 1.93. The van der Waals surface area contributed by atoms with Gasteiger partial charge in [-0.1, -0.05) is 37.3 Å². The molecule has 1 aliphatic rings. The van der Waals surface area contributed by atoms with Crippen LogP contribution in [0.1, 0.15) is 44.2 Å². The standard InChI is InChI=1S/C16H22N2S/c1-2-19-15-9-8-14(12-15)18-16(10-11-17)13-6-4-3-5-7-13/h3-7,14-16,18H,2,8-10,12H2,1H3. The van der Waals surface area contributed by atoms with Gasteiger partial charge >= 0.3 is 0 Å². The van der Waals surface area contributed by atoms with Crippen molar-refractivity contribution >= 4 is 11.8 Å². The molecule has 3 unspecified atom stereocenters. The highest BCUT2D eigenvalue weighted by Crippen LogP contribution is 2.31. The van der Waals surface area contributed by atoms with Crippen LogP contribution in [0, 0.1) is 11.3 Å². The minimum Gasteiger partial charge on any atom is -0.306 e. The first kappa shape index (κ1) is 14.4. The summed E-state index contributed by atoms with van der Waals surface area (Å²) >= 11 is 2.07. The van der Waals surface area contributed by atoms with E-state index < -0.39 is 0 Å². The molecule has 0 aromatic heterocycles. The lowest BCUT2D eigenvalue weighted by molar-refractivity contribution is 0.444. The first-order valence-corrected chi connectivity index (χ1v) is 8.18. The summed E-state index contributed by atoms with van der Waals surface area (Å²) < 4.78 is 0. The average Bonchev–Trinajstić information content (AvgIpc) is 2.87. The lowest BCUT2D eigenvalue weighted by Gasteiger charge is -2.21. The molecule has 0 radical (unpaired) electrons. The number of benzene rings is 1. The quantitative estimate of drug-likeness (QED) is 0.854. The summed E-state index contributed by atoms with van der Waals surface area (Å²) in [4.78, 5) is 0. The van der Waals surface area contributed by atoms with Crippen molar-refractivity contribution in [3.05, 3.63) is 35.9 Å². The molecule has 1 aromatic carbocycles. The Morgan fingerprint density at radius 1 is 1.37 bits per heavy atom. The summed E-state index contributed by atoms with van der Waals surface area (Å²) in [5.74, 6) is 1.21. The molecule has 3 heteroatoms. The van der Waals surface area contributed by atoms with E-state index >= 15 is 0 Å². The highest BCUT2D eigenvalue weighted by molar-refractivity contribution is 7.99. The van der Waals surface area contributed by atoms with E-state index in [4.69, 9.17) is 5.26 Å². The van der Waals surface area contributed by atoms with Crippen LogP contribution in [0.2, 0.25) is 0 Å². The molecule has 2 nitrogen and oxygen atoms in total. The molecule has 1 fully saturated rings. The Bertz CT molecular complexity index is 413. The molecule has 0 amide bonds. The Labute approximate surface area is 120 Å². The molecule has 1 saturated carbocycles. The second-order valence-corrected chi connectivity index (χ2v) is 6.66. The molecular weight excluding hydrogens is 252 g/mol. The largest absolute Gasteiger partial charge is 0.306 e. The Morgan fingerprint density at radius 3 is 2.84 bits per heavy atom. The monoisotopic (exact) mass is 274 g/mol. The number of thioether (sulfide) groups is 1. The summed E-state index contributed by atoms with van der Waals surface area (Å²) in [6.07, 6.45) is 4.34. The van der Waals surface area contributed by atoms with Gasteiger partial charge in [-0.15, -0.1) is 0 Å². The molecule has 3 atom stereocenters. The third kappa shape index (κ3) is 4.26. The van der Waals surface area contributed by atoms with Gasteiger partial charge in [0.15, 0.2) is 0 Å². The Kier molecular flexibility index (Phi) is 5.75. The summed E-state index contributed by atoms with van der Waals surface area (Å²) in [5.41, 5.74) is 1.23. The van der Waals surface area contributed by atoms with Crippen LogP contribution in [0.3, 0.4) is 0 Å². The Hall–Kier alpha value is -0.980. The first-order valence-electron chi connectivity index (χ1n) is 7.13. The van der Waals surface area contributed by atoms with Gasteiger partial charge in [0, 0.05) is 17.3 Å². The van der Waals surface area contributed by atoms with Crippen LogP contribution in [-0.2, 0) is 0 Å². The van der Waals surface area contributed by atoms with E-state index in [0.717, 1.165) is 5.25 Å². The van der Waals surface area contributed by atoms with Gasteiger partial charge in [0.2, 0.25) is 0 Å². The molecular formula is C16H22N2S. The van der Waals surface area contributed by atoms with E-state index in [2.05, 4.69) is 42.2 Å². The molecule has 0 spiro atoms. The molecule has 1 aromatic rings. The third-order valence-electron chi connectivity index (χ3n) is 3.72. The van der Waals surface area contributed by atoms with E-state index in [1.807, 2.05) is 18.2 Å². The fraction of sp³-hybridized carbons (Fsp3) is 0.562. The molecule has 19 heavy (non-hydrogen) atoms. The molecule has 2 rings (SSSR count). The SMILES string of the molecule is CCSC1CCC(NC(CC#N)c2ccccc2)C1.